The van der Waals surface area contributed by atoms with Crippen molar-refractivity contribution in [3.63, 3.8) is 0 Å². The molecule has 0 atom stereocenters. The molecule has 1 aliphatic rings. The number of ether oxygens (including phenoxy) is 3. The SMILES string of the molecule is COc1ccc(NC(=O)c2ccc(CN(C)S(=O)(=O)c3ccc4c(c3)OCCO4)cc2)cc1. The summed E-state index contributed by atoms with van der Waals surface area (Å²) in [4.78, 5) is 12.6. The molecule has 172 valence electrons. The monoisotopic (exact) mass is 468 g/mol. The van der Waals surface area contributed by atoms with Crippen LogP contribution in [0.3, 0.4) is 0 Å². The Morgan fingerprint density at radius 2 is 1.64 bits per heavy atom. The Balaban J connectivity index is 1.42. The zero-order valence-electron chi connectivity index (χ0n) is 18.3. The lowest BCUT2D eigenvalue weighted by Gasteiger charge is -2.21. The Kier molecular flexibility index (Phi) is 6.52. The molecule has 0 saturated heterocycles. The van der Waals surface area contributed by atoms with Crippen molar-refractivity contribution in [1.82, 2.24) is 4.31 Å². The minimum Gasteiger partial charge on any atom is -0.497 e. The first-order valence-electron chi connectivity index (χ1n) is 10.3. The zero-order valence-corrected chi connectivity index (χ0v) is 19.1. The molecule has 3 aromatic carbocycles. The van der Waals surface area contributed by atoms with Crippen LogP contribution in [-0.4, -0.2) is 46.0 Å². The van der Waals surface area contributed by atoms with Gasteiger partial charge >= 0.3 is 0 Å². The van der Waals surface area contributed by atoms with Gasteiger partial charge in [-0.3, -0.25) is 4.79 Å². The van der Waals surface area contributed by atoms with Gasteiger partial charge in [0.2, 0.25) is 10.0 Å². The largest absolute Gasteiger partial charge is 0.497 e. The van der Waals surface area contributed by atoms with E-state index in [1.807, 2.05) is 0 Å². The van der Waals surface area contributed by atoms with E-state index in [0.717, 1.165) is 5.56 Å². The van der Waals surface area contributed by atoms with E-state index < -0.39 is 10.0 Å². The molecule has 4 rings (SSSR count). The molecule has 0 aliphatic carbocycles. The molecule has 1 amide bonds. The Labute approximate surface area is 192 Å². The first kappa shape index (κ1) is 22.6. The topological polar surface area (TPSA) is 94.2 Å². The van der Waals surface area contributed by atoms with E-state index in [-0.39, 0.29) is 17.3 Å². The summed E-state index contributed by atoms with van der Waals surface area (Å²) in [5.41, 5.74) is 1.86. The number of carbonyl (C=O) groups excluding carboxylic acids is 1. The number of nitrogens with zero attached hydrogens (tertiary/aromatic N) is 1. The van der Waals surface area contributed by atoms with Gasteiger partial charge in [-0.1, -0.05) is 12.1 Å². The summed E-state index contributed by atoms with van der Waals surface area (Å²) in [5, 5.41) is 2.82. The van der Waals surface area contributed by atoms with Crippen LogP contribution >= 0.6 is 0 Å². The predicted octanol–water partition coefficient (Wildman–Crippen LogP) is 3.54. The molecule has 1 N–H and O–H groups in total. The zero-order chi connectivity index (χ0) is 23.4. The highest BCUT2D eigenvalue weighted by Crippen LogP contribution is 2.33. The number of nitrogens with one attached hydrogen (secondary N) is 1. The summed E-state index contributed by atoms with van der Waals surface area (Å²) in [6.07, 6.45) is 0. The van der Waals surface area contributed by atoms with E-state index in [9.17, 15) is 13.2 Å². The van der Waals surface area contributed by atoms with Gasteiger partial charge in [0, 0.05) is 30.9 Å². The quantitative estimate of drug-likeness (QED) is 0.570. The number of methoxy groups -OCH3 is 1. The van der Waals surface area contributed by atoms with Crippen LogP contribution in [0.2, 0.25) is 0 Å². The average molecular weight is 469 g/mol. The van der Waals surface area contributed by atoms with E-state index in [4.69, 9.17) is 14.2 Å². The van der Waals surface area contributed by atoms with Gasteiger partial charge in [-0.05, 0) is 54.1 Å². The lowest BCUT2D eigenvalue weighted by atomic mass is 10.1. The lowest BCUT2D eigenvalue weighted by Crippen LogP contribution is -2.27. The van der Waals surface area contributed by atoms with Gasteiger partial charge in [-0.2, -0.15) is 4.31 Å². The molecule has 0 unspecified atom stereocenters. The maximum absolute atomic E-state index is 13.0. The summed E-state index contributed by atoms with van der Waals surface area (Å²) in [5.74, 6) is 1.39. The number of anilines is 1. The van der Waals surface area contributed by atoms with Crippen molar-refractivity contribution in [2.24, 2.45) is 0 Å². The number of rotatable bonds is 7. The van der Waals surface area contributed by atoms with E-state index in [1.165, 1.54) is 23.5 Å². The molecule has 0 radical (unpaired) electrons. The molecule has 3 aromatic rings. The van der Waals surface area contributed by atoms with Crippen LogP contribution in [0.4, 0.5) is 5.69 Å². The average Bonchev–Trinajstić information content (AvgIpc) is 2.84. The maximum atomic E-state index is 13.0. The molecule has 0 aromatic heterocycles. The van der Waals surface area contributed by atoms with Crippen molar-refractivity contribution in [1.29, 1.82) is 0 Å². The van der Waals surface area contributed by atoms with Crippen molar-refractivity contribution in [2.45, 2.75) is 11.4 Å². The number of benzene rings is 3. The predicted molar refractivity (Wildman–Crippen MR) is 123 cm³/mol. The summed E-state index contributed by atoms with van der Waals surface area (Å²) in [7, 11) is -0.648. The second-order valence-corrected chi connectivity index (χ2v) is 9.49. The van der Waals surface area contributed by atoms with Gasteiger partial charge in [0.05, 0.1) is 12.0 Å². The highest BCUT2D eigenvalue weighted by Gasteiger charge is 2.24. The van der Waals surface area contributed by atoms with Crippen LogP contribution in [-0.2, 0) is 16.6 Å². The number of hydrogen-bond acceptors (Lipinski definition) is 6. The number of sulfonamides is 1. The molecule has 0 spiro atoms. The summed E-state index contributed by atoms with van der Waals surface area (Å²) >= 11 is 0. The lowest BCUT2D eigenvalue weighted by molar-refractivity contribution is 0.102. The van der Waals surface area contributed by atoms with Crippen molar-refractivity contribution in [3.8, 4) is 17.2 Å². The minimum atomic E-state index is -3.74. The molecule has 0 bridgehead atoms. The van der Waals surface area contributed by atoms with Crippen LogP contribution in [0, 0.1) is 0 Å². The number of carbonyl (C=O) groups is 1. The van der Waals surface area contributed by atoms with E-state index in [0.29, 0.717) is 41.7 Å². The molecule has 0 fully saturated rings. The normalized spacial score (nSPS) is 12.9. The van der Waals surface area contributed by atoms with Crippen LogP contribution < -0.4 is 19.5 Å². The van der Waals surface area contributed by atoms with Gasteiger partial charge < -0.3 is 19.5 Å². The molecule has 1 heterocycles. The van der Waals surface area contributed by atoms with Gasteiger partial charge in [-0.15, -0.1) is 0 Å². The summed E-state index contributed by atoms with van der Waals surface area (Å²) in [6, 6.07) is 18.4. The summed E-state index contributed by atoms with van der Waals surface area (Å²) < 4.78 is 43.3. The molecule has 8 nitrogen and oxygen atoms in total. The molecule has 33 heavy (non-hydrogen) atoms. The van der Waals surface area contributed by atoms with Crippen LogP contribution in [0.25, 0.3) is 0 Å². The fraction of sp³-hybridized carbons (Fsp3) is 0.208. The third-order valence-corrected chi connectivity index (χ3v) is 6.99. The van der Waals surface area contributed by atoms with Crippen LogP contribution in [0.15, 0.2) is 71.6 Å². The van der Waals surface area contributed by atoms with Crippen molar-refractivity contribution < 1.29 is 27.4 Å². The Morgan fingerprint density at radius 1 is 0.970 bits per heavy atom. The van der Waals surface area contributed by atoms with Gasteiger partial charge in [-0.25, -0.2) is 8.42 Å². The molecular weight excluding hydrogens is 444 g/mol. The first-order valence-corrected chi connectivity index (χ1v) is 11.7. The molecule has 1 aliphatic heterocycles. The minimum absolute atomic E-state index is 0.129. The van der Waals surface area contributed by atoms with Crippen molar-refractivity contribution >= 4 is 21.6 Å². The van der Waals surface area contributed by atoms with Crippen LogP contribution in [0.1, 0.15) is 15.9 Å². The van der Waals surface area contributed by atoms with E-state index >= 15 is 0 Å². The maximum Gasteiger partial charge on any atom is 0.255 e. The van der Waals surface area contributed by atoms with Crippen molar-refractivity contribution in [2.75, 3.05) is 32.7 Å². The van der Waals surface area contributed by atoms with Gasteiger partial charge in [0.1, 0.15) is 19.0 Å². The second kappa shape index (κ2) is 9.51. The number of hydrogen-bond donors (Lipinski definition) is 1. The highest BCUT2D eigenvalue weighted by atomic mass is 32.2. The summed E-state index contributed by atoms with van der Waals surface area (Å²) in [6.45, 7) is 0.967. The standard InChI is InChI=1S/C24H24N2O6S/c1-26(33(28,29)21-11-12-22-23(15-21)32-14-13-31-22)16-17-3-5-18(6-4-17)24(27)25-19-7-9-20(30-2)10-8-19/h3-12,15H,13-14,16H2,1-2H3,(H,25,27). The molecule has 0 saturated carbocycles. The van der Waals surface area contributed by atoms with Crippen LogP contribution in [0.5, 0.6) is 17.2 Å². The fourth-order valence-corrected chi connectivity index (χ4v) is 4.52. The second-order valence-electron chi connectivity index (χ2n) is 7.45. The molecular formula is C24H24N2O6S. The number of amides is 1. The first-order chi connectivity index (χ1) is 15.9. The van der Waals surface area contributed by atoms with Crippen molar-refractivity contribution in [3.05, 3.63) is 77.9 Å². The number of fused-ring (bicyclic) bond motifs is 1. The third-order valence-electron chi connectivity index (χ3n) is 5.19. The Bertz CT molecular complexity index is 1240. The molecule has 9 heteroatoms. The van der Waals surface area contributed by atoms with E-state index in [1.54, 1.807) is 61.7 Å². The fourth-order valence-electron chi connectivity index (χ4n) is 3.35. The van der Waals surface area contributed by atoms with E-state index in [2.05, 4.69) is 5.32 Å². The Morgan fingerprint density at radius 3 is 2.30 bits per heavy atom. The Hall–Kier alpha value is -3.56. The van der Waals surface area contributed by atoms with Gasteiger partial charge in [0.15, 0.2) is 11.5 Å². The smallest absolute Gasteiger partial charge is 0.255 e. The third kappa shape index (κ3) is 5.10. The van der Waals surface area contributed by atoms with Gasteiger partial charge in [0.25, 0.3) is 5.91 Å². The highest BCUT2D eigenvalue weighted by molar-refractivity contribution is 7.89.